The van der Waals surface area contributed by atoms with Crippen molar-refractivity contribution in [2.75, 3.05) is 6.61 Å². The molecule has 4 rings (SSSR count). The van der Waals surface area contributed by atoms with Crippen LogP contribution < -0.4 is 0 Å². The quantitative estimate of drug-likeness (QED) is 0.203. The molecule has 2 aromatic carbocycles. The molecule has 0 fully saturated rings. The van der Waals surface area contributed by atoms with E-state index in [1.54, 1.807) is 6.92 Å². The van der Waals surface area contributed by atoms with E-state index in [0.717, 1.165) is 24.3 Å². The van der Waals surface area contributed by atoms with Crippen LogP contribution in [-0.2, 0) is 34.8 Å². The van der Waals surface area contributed by atoms with Crippen molar-refractivity contribution in [2.24, 2.45) is 7.05 Å². The van der Waals surface area contributed by atoms with E-state index in [1.807, 2.05) is 0 Å². The molecule has 0 atom stereocenters. The van der Waals surface area contributed by atoms with Gasteiger partial charge in [0, 0.05) is 18.0 Å². The van der Waals surface area contributed by atoms with Gasteiger partial charge >= 0.3 is 12.1 Å². The number of esters is 1. The lowest BCUT2D eigenvalue weighted by atomic mass is 10.00. The van der Waals surface area contributed by atoms with Gasteiger partial charge in [-0.1, -0.05) is 12.1 Å². The van der Waals surface area contributed by atoms with Crippen molar-refractivity contribution in [1.82, 2.24) is 19.3 Å². The normalized spacial score (nSPS) is 11.6. The maximum absolute atomic E-state index is 13.3. The number of benzene rings is 2. The van der Waals surface area contributed by atoms with E-state index in [9.17, 15) is 31.5 Å². The molecule has 9 nitrogen and oxygen atoms in total. The molecule has 0 radical (unpaired) electrons. The van der Waals surface area contributed by atoms with Gasteiger partial charge < -0.3 is 14.4 Å². The van der Waals surface area contributed by atoms with E-state index >= 15 is 0 Å². The Bertz CT molecular complexity index is 1640. The molecule has 1 N–H and O–H groups in total. The topological polar surface area (TPSA) is 116 Å². The SMILES string of the molecule is CCOC(=O)c1c(C(c2ccc(C(F)(F)F)cc2)=S(=O)=O)n(C)c2cc(Br)c(O)c(Cn3cncn3)c12. The first-order valence-corrected chi connectivity index (χ1v) is 12.5. The number of aromatic hydroxyl groups is 1. The van der Waals surface area contributed by atoms with Gasteiger partial charge in [-0.25, -0.2) is 14.5 Å². The van der Waals surface area contributed by atoms with E-state index < -0.39 is 32.9 Å². The van der Waals surface area contributed by atoms with E-state index in [-0.39, 0.29) is 51.1 Å². The Labute approximate surface area is 217 Å². The summed E-state index contributed by atoms with van der Waals surface area (Å²) in [6.07, 6.45) is -1.94. The molecule has 2 aromatic heterocycles. The number of phenolic OH excluding ortho intramolecular Hbond substituents is 1. The Morgan fingerprint density at radius 3 is 2.43 bits per heavy atom. The number of aryl methyl sites for hydroxylation is 1. The first kappa shape index (κ1) is 26.4. The number of nitrogens with zero attached hydrogens (tertiary/aromatic N) is 4. The zero-order valence-electron chi connectivity index (χ0n) is 19.2. The number of hydrogen-bond donors (Lipinski definition) is 1. The predicted molar refractivity (Wildman–Crippen MR) is 131 cm³/mol. The van der Waals surface area contributed by atoms with Gasteiger partial charge in [0.25, 0.3) is 0 Å². The summed E-state index contributed by atoms with van der Waals surface area (Å²) in [6, 6.07) is 5.05. The van der Waals surface area contributed by atoms with Gasteiger partial charge in [-0.3, -0.25) is 0 Å². The lowest BCUT2D eigenvalue weighted by Gasteiger charge is -2.11. The van der Waals surface area contributed by atoms with Crippen molar-refractivity contribution < 1.29 is 36.2 Å². The summed E-state index contributed by atoms with van der Waals surface area (Å²) in [5, 5.41) is 15.1. The minimum Gasteiger partial charge on any atom is -0.506 e. The van der Waals surface area contributed by atoms with Crippen LogP contribution in [0.1, 0.15) is 39.7 Å². The Hall–Kier alpha value is -3.65. The average molecular weight is 599 g/mol. The number of rotatable bonds is 6. The summed E-state index contributed by atoms with van der Waals surface area (Å²) in [5.74, 6) is -1.09. The molecule has 0 saturated carbocycles. The molecular formula is C23H18BrF3N4O5S. The summed E-state index contributed by atoms with van der Waals surface area (Å²) < 4.78 is 72.6. The van der Waals surface area contributed by atoms with Crippen LogP contribution in [-0.4, -0.2) is 50.3 Å². The molecule has 0 aliphatic carbocycles. The van der Waals surface area contributed by atoms with Gasteiger partial charge in [-0.05, 0) is 46.6 Å². The van der Waals surface area contributed by atoms with Gasteiger partial charge in [-0.2, -0.15) is 26.7 Å². The molecule has 2 heterocycles. The summed E-state index contributed by atoms with van der Waals surface area (Å²) in [7, 11) is -1.49. The van der Waals surface area contributed by atoms with Crippen LogP contribution in [0.25, 0.3) is 10.9 Å². The monoisotopic (exact) mass is 598 g/mol. The molecule has 4 aromatic rings. The predicted octanol–water partition coefficient (Wildman–Crippen LogP) is 3.93. The Morgan fingerprint density at radius 2 is 1.89 bits per heavy atom. The van der Waals surface area contributed by atoms with Crippen molar-refractivity contribution >= 4 is 48.0 Å². The first-order chi connectivity index (χ1) is 17.5. The van der Waals surface area contributed by atoms with Crippen LogP contribution in [0.15, 0.2) is 47.5 Å². The van der Waals surface area contributed by atoms with Gasteiger partial charge in [0.1, 0.15) is 23.3 Å². The fraction of sp³-hybridized carbons (Fsp3) is 0.217. The largest absolute Gasteiger partial charge is 0.506 e. The highest BCUT2D eigenvalue weighted by atomic mass is 79.9. The van der Waals surface area contributed by atoms with Gasteiger partial charge in [-0.15, -0.1) is 0 Å². The fourth-order valence-corrected chi connectivity index (χ4v) is 5.23. The lowest BCUT2D eigenvalue weighted by molar-refractivity contribution is -0.137. The van der Waals surface area contributed by atoms with Crippen LogP contribution in [0, 0.1) is 0 Å². The third-order valence-electron chi connectivity index (χ3n) is 5.64. The number of hydrogen-bond acceptors (Lipinski definition) is 7. The number of aromatic nitrogens is 4. The van der Waals surface area contributed by atoms with Gasteiger partial charge in [0.15, 0.2) is 0 Å². The second kappa shape index (κ2) is 10.0. The third kappa shape index (κ3) is 4.85. The minimum atomic E-state index is -4.62. The summed E-state index contributed by atoms with van der Waals surface area (Å²) in [6.45, 7) is 1.50. The van der Waals surface area contributed by atoms with Gasteiger partial charge in [0.2, 0.25) is 10.3 Å². The van der Waals surface area contributed by atoms with Crippen LogP contribution in [0.2, 0.25) is 0 Å². The number of carbonyl (C=O) groups is 1. The number of alkyl halides is 3. The highest BCUT2D eigenvalue weighted by molar-refractivity contribution is 9.10. The standard InChI is InChI=1S/C23H18BrF3N4O5S/c1-3-36-22(33)18-17-14(9-31-11-28-10-29-31)20(32)15(24)8-16(17)30(2)19(18)21(37(34)35)12-4-6-13(7-5-12)23(25,26)27/h4-8,10-11,32H,3,9H2,1-2H3. The Balaban J connectivity index is 2.09. The highest BCUT2D eigenvalue weighted by Crippen LogP contribution is 2.40. The highest BCUT2D eigenvalue weighted by Gasteiger charge is 2.33. The average Bonchev–Trinajstić information content (AvgIpc) is 3.44. The third-order valence-corrected chi connectivity index (χ3v) is 7.01. The maximum atomic E-state index is 13.3. The molecule has 0 bridgehead atoms. The first-order valence-electron chi connectivity index (χ1n) is 10.6. The van der Waals surface area contributed by atoms with Crippen molar-refractivity contribution in [1.29, 1.82) is 0 Å². The van der Waals surface area contributed by atoms with Crippen molar-refractivity contribution in [3.63, 3.8) is 0 Å². The molecular weight excluding hydrogens is 581 g/mol. The molecule has 0 aliphatic rings. The summed E-state index contributed by atoms with van der Waals surface area (Å²) >= 11 is 3.28. The molecule has 0 saturated heterocycles. The van der Waals surface area contributed by atoms with Crippen LogP contribution in [0.5, 0.6) is 5.75 Å². The zero-order chi connectivity index (χ0) is 27.1. The van der Waals surface area contributed by atoms with E-state index in [2.05, 4.69) is 26.0 Å². The Morgan fingerprint density at radius 1 is 1.22 bits per heavy atom. The van der Waals surface area contributed by atoms with Gasteiger partial charge in [0.05, 0.1) is 40.0 Å². The van der Waals surface area contributed by atoms with Crippen molar-refractivity contribution in [3.05, 3.63) is 75.4 Å². The second-order valence-corrected chi connectivity index (χ2v) is 9.55. The molecule has 0 aliphatic heterocycles. The van der Waals surface area contributed by atoms with Crippen LogP contribution in [0.4, 0.5) is 13.2 Å². The molecule has 0 spiro atoms. The number of carbonyl (C=O) groups excluding carboxylic acids is 1. The molecule has 14 heteroatoms. The zero-order valence-corrected chi connectivity index (χ0v) is 21.6. The lowest BCUT2D eigenvalue weighted by Crippen LogP contribution is -2.17. The Kier molecular flexibility index (Phi) is 7.15. The van der Waals surface area contributed by atoms with E-state index in [0.29, 0.717) is 5.52 Å². The van der Waals surface area contributed by atoms with Crippen molar-refractivity contribution in [2.45, 2.75) is 19.6 Å². The van der Waals surface area contributed by atoms with Crippen LogP contribution in [0.3, 0.4) is 0 Å². The minimum absolute atomic E-state index is 0.0340. The molecule has 0 amide bonds. The second-order valence-electron chi connectivity index (χ2n) is 7.81. The fourth-order valence-electron chi connectivity index (χ4n) is 4.05. The number of halogens is 4. The van der Waals surface area contributed by atoms with E-state index in [1.165, 1.54) is 35.0 Å². The molecule has 37 heavy (non-hydrogen) atoms. The molecule has 194 valence electrons. The summed E-state index contributed by atoms with van der Waals surface area (Å²) in [5.41, 5.74) is -0.732. The number of phenols is 1. The number of ether oxygens (including phenoxy) is 1. The maximum Gasteiger partial charge on any atom is 0.416 e. The number of fused-ring (bicyclic) bond motifs is 1. The van der Waals surface area contributed by atoms with Crippen molar-refractivity contribution in [3.8, 4) is 5.75 Å². The van der Waals surface area contributed by atoms with E-state index in [4.69, 9.17) is 4.74 Å². The summed E-state index contributed by atoms with van der Waals surface area (Å²) in [4.78, 5) is 16.7. The van der Waals surface area contributed by atoms with Crippen LogP contribution >= 0.6 is 15.9 Å². The smallest absolute Gasteiger partial charge is 0.416 e. The molecule has 0 unspecified atom stereocenters.